The predicted molar refractivity (Wildman–Crippen MR) is 131 cm³/mol. The number of imidazole rings is 1. The first-order valence-corrected chi connectivity index (χ1v) is 10.3. The van der Waals surface area contributed by atoms with Gasteiger partial charge in [-0.15, -0.1) is 24.0 Å². The number of carbonyl (C=O) groups excluding carboxylic acids is 1. The molecular formula is C21H35IN6O. The van der Waals surface area contributed by atoms with Crippen LogP contribution in [-0.4, -0.2) is 47.1 Å². The summed E-state index contributed by atoms with van der Waals surface area (Å²) in [6, 6.07) is 8.43. The van der Waals surface area contributed by atoms with Gasteiger partial charge in [-0.3, -0.25) is 9.79 Å². The highest BCUT2D eigenvalue weighted by atomic mass is 127. The molecule has 1 amide bonds. The number of aliphatic imine (C=N–C) groups is 1. The van der Waals surface area contributed by atoms with Crippen LogP contribution in [0.25, 0.3) is 11.0 Å². The quantitative estimate of drug-likeness (QED) is 0.197. The van der Waals surface area contributed by atoms with Gasteiger partial charge in [0.2, 0.25) is 5.91 Å². The van der Waals surface area contributed by atoms with Crippen LogP contribution >= 0.6 is 24.0 Å². The second kappa shape index (κ2) is 13.4. The Bertz CT molecular complexity index is 789. The van der Waals surface area contributed by atoms with Gasteiger partial charge in [0.25, 0.3) is 0 Å². The van der Waals surface area contributed by atoms with Crippen molar-refractivity contribution in [3.63, 3.8) is 0 Å². The molecule has 0 bridgehead atoms. The number of nitrogens with one attached hydrogen (secondary N) is 3. The van der Waals surface area contributed by atoms with Gasteiger partial charge in [-0.05, 0) is 45.7 Å². The van der Waals surface area contributed by atoms with Crippen LogP contribution < -0.4 is 16.0 Å². The van der Waals surface area contributed by atoms with E-state index in [2.05, 4.69) is 43.5 Å². The molecular weight excluding hydrogens is 479 g/mol. The number of halogens is 1. The van der Waals surface area contributed by atoms with Gasteiger partial charge in [0, 0.05) is 38.6 Å². The molecule has 1 atom stereocenters. The van der Waals surface area contributed by atoms with Crippen molar-refractivity contribution in [2.24, 2.45) is 4.99 Å². The number of rotatable bonds is 10. The van der Waals surface area contributed by atoms with Gasteiger partial charge in [-0.2, -0.15) is 0 Å². The van der Waals surface area contributed by atoms with E-state index in [0.29, 0.717) is 19.5 Å². The molecule has 29 heavy (non-hydrogen) atoms. The van der Waals surface area contributed by atoms with E-state index in [4.69, 9.17) is 0 Å². The van der Waals surface area contributed by atoms with Crippen LogP contribution in [0.3, 0.4) is 0 Å². The number of carbonyl (C=O) groups is 1. The maximum Gasteiger partial charge on any atom is 0.221 e. The summed E-state index contributed by atoms with van der Waals surface area (Å²) in [6.45, 7) is 11.1. The van der Waals surface area contributed by atoms with Gasteiger partial charge >= 0.3 is 0 Å². The minimum atomic E-state index is 0. The Kier molecular flexibility index (Phi) is 11.6. The van der Waals surface area contributed by atoms with Crippen molar-refractivity contribution >= 4 is 46.9 Å². The lowest BCUT2D eigenvalue weighted by Crippen LogP contribution is -2.40. The number of nitrogens with zero attached hydrogens (tertiary/aromatic N) is 3. The third-order valence-electron chi connectivity index (χ3n) is 4.66. The lowest BCUT2D eigenvalue weighted by atomic mass is 10.2. The highest BCUT2D eigenvalue weighted by Crippen LogP contribution is 2.15. The Hall–Kier alpha value is -1.84. The molecule has 2 aromatic rings. The molecule has 1 aromatic carbocycles. The van der Waals surface area contributed by atoms with Crippen molar-refractivity contribution in [2.45, 2.75) is 59.5 Å². The summed E-state index contributed by atoms with van der Waals surface area (Å²) in [5, 5.41) is 9.44. The number of guanidine groups is 1. The number of amides is 1. The number of para-hydroxylation sites is 2. The Morgan fingerprint density at radius 1 is 1.24 bits per heavy atom. The van der Waals surface area contributed by atoms with E-state index in [-0.39, 0.29) is 35.9 Å². The summed E-state index contributed by atoms with van der Waals surface area (Å²) in [7, 11) is 0. The standard InChI is InChI=1S/C21H34N6O.HI/c1-5-16(3)25-20(28)12-14-24-21(22-6-2)23-13-9-15-27-17(4)26-18-10-7-8-11-19(18)27;/h7-8,10-11,16H,5-6,9,12-15H2,1-4H3,(H,25,28)(H2,22,23,24);1H. The van der Waals surface area contributed by atoms with Crippen LogP contribution in [0.2, 0.25) is 0 Å². The molecule has 0 fully saturated rings. The van der Waals surface area contributed by atoms with Crippen LogP contribution in [0, 0.1) is 6.92 Å². The number of hydrogen-bond acceptors (Lipinski definition) is 3. The smallest absolute Gasteiger partial charge is 0.221 e. The van der Waals surface area contributed by atoms with Crippen molar-refractivity contribution in [2.75, 3.05) is 19.6 Å². The Balaban J connectivity index is 0.00000420. The largest absolute Gasteiger partial charge is 0.357 e. The Labute approximate surface area is 191 Å². The first-order chi connectivity index (χ1) is 13.5. The molecule has 0 saturated heterocycles. The zero-order valence-corrected chi connectivity index (χ0v) is 20.3. The zero-order valence-electron chi connectivity index (χ0n) is 18.0. The van der Waals surface area contributed by atoms with Gasteiger partial charge < -0.3 is 20.5 Å². The fourth-order valence-electron chi connectivity index (χ4n) is 2.98. The number of fused-ring (bicyclic) bond motifs is 1. The van der Waals surface area contributed by atoms with E-state index in [1.54, 1.807) is 0 Å². The highest BCUT2D eigenvalue weighted by Gasteiger charge is 2.07. The summed E-state index contributed by atoms with van der Waals surface area (Å²) in [6.07, 6.45) is 2.30. The van der Waals surface area contributed by atoms with Gasteiger partial charge in [-0.25, -0.2) is 4.98 Å². The second-order valence-corrected chi connectivity index (χ2v) is 6.97. The molecule has 0 aliphatic carbocycles. The van der Waals surface area contributed by atoms with Gasteiger partial charge in [0.1, 0.15) is 5.82 Å². The lowest BCUT2D eigenvalue weighted by molar-refractivity contribution is -0.121. The van der Waals surface area contributed by atoms with Crippen molar-refractivity contribution in [3.8, 4) is 0 Å². The molecule has 0 saturated carbocycles. The minimum absolute atomic E-state index is 0. The summed E-state index contributed by atoms with van der Waals surface area (Å²) in [4.78, 5) is 21.1. The maximum absolute atomic E-state index is 11.9. The van der Waals surface area contributed by atoms with E-state index < -0.39 is 0 Å². The van der Waals surface area contributed by atoms with Crippen LogP contribution in [0.5, 0.6) is 0 Å². The Morgan fingerprint density at radius 3 is 2.72 bits per heavy atom. The molecule has 1 unspecified atom stereocenters. The number of benzene rings is 1. The average Bonchev–Trinajstić information content (AvgIpc) is 3.00. The minimum Gasteiger partial charge on any atom is -0.357 e. The first kappa shape index (κ1) is 25.2. The normalized spacial score (nSPS) is 12.3. The van der Waals surface area contributed by atoms with Crippen molar-refractivity contribution in [3.05, 3.63) is 30.1 Å². The third-order valence-corrected chi connectivity index (χ3v) is 4.66. The van der Waals surface area contributed by atoms with Gasteiger partial charge in [0.05, 0.1) is 11.0 Å². The second-order valence-electron chi connectivity index (χ2n) is 6.97. The van der Waals surface area contributed by atoms with E-state index in [1.165, 1.54) is 5.52 Å². The molecule has 1 aromatic heterocycles. The maximum atomic E-state index is 11.9. The molecule has 0 aliphatic rings. The van der Waals surface area contributed by atoms with Crippen molar-refractivity contribution < 1.29 is 4.79 Å². The number of hydrogen-bond donors (Lipinski definition) is 3. The molecule has 3 N–H and O–H groups in total. The molecule has 0 spiro atoms. The SMILES string of the molecule is CCNC(=NCCCn1c(C)nc2ccccc21)NCCC(=O)NC(C)CC.I. The monoisotopic (exact) mass is 514 g/mol. The first-order valence-electron chi connectivity index (χ1n) is 10.3. The van der Waals surface area contributed by atoms with E-state index in [1.807, 2.05) is 39.0 Å². The van der Waals surface area contributed by atoms with E-state index >= 15 is 0 Å². The molecule has 8 heteroatoms. The molecule has 0 radical (unpaired) electrons. The van der Waals surface area contributed by atoms with Crippen LogP contribution in [0.1, 0.15) is 45.9 Å². The third kappa shape index (κ3) is 8.20. The number of aryl methyl sites for hydroxylation is 2. The molecule has 7 nitrogen and oxygen atoms in total. The fraction of sp³-hybridized carbons (Fsp3) is 0.571. The average molecular weight is 514 g/mol. The summed E-state index contributed by atoms with van der Waals surface area (Å²) < 4.78 is 2.24. The number of aromatic nitrogens is 2. The zero-order chi connectivity index (χ0) is 20.4. The lowest BCUT2D eigenvalue weighted by Gasteiger charge is -2.13. The summed E-state index contributed by atoms with van der Waals surface area (Å²) >= 11 is 0. The van der Waals surface area contributed by atoms with Crippen LogP contribution in [0.15, 0.2) is 29.3 Å². The van der Waals surface area contributed by atoms with Gasteiger partial charge in [0.15, 0.2) is 5.96 Å². The van der Waals surface area contributed by atoms with Crippen molar-refractivity contribution in [1.82, 2.24) is 25.5 Å². The Morgan fingerprint density at radius 2 is 2.00 bits per heavy atom. The topological polar surface area (TPSA) is 83.3 Å². The highest BCUT2D eigenvalue weighted by molar-refractivity contribution is 14.0. The molecule has 1 heterocycles. The van der Waals surface area contributed by atoms with Crippen LogP contribution in [0.4, 0.5) is 0 Å². The fourth-order valence-corrected chi connectivity index (χ4v) is 2.98. The van der Waals surface area contributed by atoms with Crippen LogP contribution in [-0.2, 0) is 11.3 Å². The predicted octanol–water partition coefficient (Wildman–Crippen LogP) is 3.21. The molecule has 162 valence electrons. The molecule has 2 rings (SSSR count). The van der Waals surface area contributed by atoms with Crippen molar-refractivity contribution in [1.29, 1.82) is 0 Å². The van der Waals surface area contributed by atoms with E-state index in [9.17, 15) is 4.79 Å². The van der Waals surface area contributed by atoms with E-state index in [0.717, 1.165) is 43.2 Å². The summed E-state index contributed by atoms with van der Waals surface area (Å²) in [5.41, 5.74) is 2.20. The summed E-state index contributed by atoms with van der Waals surface area (Å²) in [5.74, 6) is 1.86. The molecule has 0 aliphatic heterocycles. The van der Waals surface area contributed by atoms with Gasteiger partial charge in [-0.1, -0.05) is 19.1 Å².